The molecule has 0 radical (unpaired) electrons. The van der Waals surface area contributed by atoms with Crippen LogP contribution in [-0.4, -0.2) is 58.0 Å². The van der Waals surface area contributed by atoms with Crippen LogP contribution >= 0.6 is 23.4 Å². The van der Waals surface area contributed by atoms with Crippen LogP contribution < -0.4 is 10.1 Å². The Morgan fingerprint density at radius 3 is 2.49 bits per heavy atom. The summed E-state index contributed by atoms with van der Waals surface area (Å²) in [6.45, 7) is 3.86. The normalized spacial score (nSPS) is 22.9. The molecule has 0 aliphatic carbocycles. The number of carbonyl (C=O) groups is 1. The zero-order valence-electron chi connectivity index (χ0n) is 21.5. The van der Waals surface area contributed by atoms with Crippen LogP contribution in [0, 0.1) is 5.82 Å². The molecule has 1 amide bonds. The number of hydrogen-bond acceptors (Lipinski definition) is 7. The number of thioether (sulfide) groups is 1. The van der Waals surface area contributed by atoms with Gasteiger partial charge in [-0.25, -0.2) is 4.39 Å². The molecule has 1 aliphatic rings. The van der Waals surface area contributed by atoms with Gasteiger partial charge in [0.15, 0.2) is 0 Å². The summed E-state index contributed by atoms with van der Waals surface area (Å²) in [7, 11) is 0. The molecule has 3 aromatic rings. The molecule has 1 saturated heterocycles. The van der Waals surface area contributed by atoms with Crippen molar-refractivity contribution in [1.29, 1.82) is 0 Å². The van der Waals surface area contributed by atoms with Crippen LogP contribution in [0.4, 0.5) is 10.1 Å². The van der Waals surface area contributed by atoms with E-state index in [-0.39, 0.29) is 16.6 Å². The zero-order chi connectivity index (χ0) is 28.1. The van der Waals surface area contributed by atoms with Crippen LogP contribution in [0.15, 0.2) is 65.6 Å². The standard InChI is InChI=1S/C29H31ClFNO6S/c1-3-37-21-8-4-17(5-9-21)12-19-13-18(6-10-22(19)30)29-28(36)27(35)26(34)24(38-29)15-39-25-14-20(32-16(2)33)7-11-23(25)31/h4-11,13-14,24,26-29,34-36H,3,12,15H2,1-2H3,(H,32,33). The Kier molecular flexibility index (Phi) is 9.87. The molecule has 4 N–H and O–H groups in total. The Balaban J connectivity index is 1.50. The molecule has 5 unspecified atom stereocenters. The van der Waals surface area contributed by atoms with Crippen molar-refractivity contribution in [1.82, 2.24) is 0 Å². The molecule has 0 bridgehead atoms. The minimum absolute atomic E-state index is 0.0918. The molecule has 7 nitrogen and oxygen atoms in total. The van der Waals surface area contributed by atoms with Crippen molar-refractivity contribution in [2.75, 3.05) is 17.7 Å². The van der Waals surface area contributed by atoms with Crippen LogP contribution in [0.2, 0.25) is 5.02 Å². The number of ether oxygens (including phenoxy) is 2. The molecular weight excluding hydrogens is 545 g/mol. The average molecular weight is 576 g/mol. The number of amides is 1. The second-order valence-corrected chi connectivity index (χ2v) is 10.8. The Bertz CT molecular complexity index is 1290. The van der Waals surface area contributed by atoms with Crippen molar-refractivity contribution < 1.29 is 34.0 Å². The van der Waals surface area contributed by atoms with Crippen molar-refractivity contribution in [3.8, 4) is 5.75 Å². The SMILES string of the molecule is CCOc1ccc(Cc2cc(C3OC(CSc4cc(NC(C)=O)ccc4F)C(O)C(O)C3O)ccc2Cl)cc1. The third-order valence-electron chi connectivity index (χ3n) is 6.39. The molecule has 4 rings (SSSR count). The maximum absolute atomic E-state index is 14.4. The summed E-state index contributed by atoms with van der Waals surface area (Å²) < 4.78 is 26.0. The van der Waals surface area contributed by atoms with Gasteiger partial charge in [-0.3, -0.25) is 4.79 Å². The van der Waals surface area contributed by atoms with E-state index in [0.717, 1.165) is 28.6 Å². The van der Waals surface area contributed by atoms with Gasteiger partial charge in [0.25, 0.3) is 0 Å². The molecule has 3 aromatic carbocycles. The largest absolute Gasteiger partial charge is 0.494 e. The summed E-state index contributed by atoms with van der Waals surface area (Å²) in [5, 5.41) is 35.2. The fraction of sp³-hybridized carbons (Fsp3) is 0.345. The lowest BCUT2D eigenvalue weighted by Gasteiger charge is -2.41. The highest BCUT2D eigenvalue weighted by atomic mass is 35.5. The van der Waals surface area contributed by atoms with Crippen LogP contribution in [0.25, 0.3) is 0 Å². The number of aliphatic hydroxyl groups excluding tert-OH is 3. The predicted molar refractivity (Wildman–Crippen MR) is 149 cm³/mol. The summed E-state index contributed by atoms with van der Waals surface area (Å²) in [5.41, 5.74) is 2.84. The minimum atomic E-state index is -1.48. The Labute approximate surface area is 235 Å². The average Bonchev–Trinajstić information content (AvgIpc) is 2.91. The summed E-state index contributed by atoms with van der Waals surface area (Å²) >= 11 is 7.55. The van der Waals surface area contributed by atoms with Gasteiger partial charge in [-0.15, -0.1) is 11.8 Å². The van der Waals surface area contributed by atoms with Gasteiger partial charge in [0.05, 0.1) is 12.7 Å². The van der Waals surface area contributed by atoms with Gasteiger partial charge < -0.3 is 30.1 Å². The van der Waals surface area contributed by atoms with Crippen molar-refractivity contribution in [2.24, 2.45) is 0 Å². The van der Waals surface area contributed by atoms with E-state index in [1.165, 1.54) is 25.1 Å². The van der Waals surface area contributed by atoms with E-state index in [0.29, 0.717) is 29.3 Å². The Hall–Kier alpha value is -2.66. The first-order valence-electron chi connectivity index (χ1n) is 12.6. The van der Waals surface area contributed by atoms with Crippen LogP contribution in [0.5, 0.6) is 5.75 Å². The van der Waals surface area contributed by atoms with E-state index < -0.39 is 36.3 Å². The second-order valence-electron chi connectivity index (χ2n) is 9.31. The topological polar surface area (TPSA) is 108 Å². The molecule has 1 fully saturated rings. The second kappa shape index (κ2) is 13.1. The van der Waals surface area contributed by atoms with Gasteiger partial charge in [-0.05, 0) is 66.4 Å². The molecule has 5 atom stereocenters. The first-order valence-corrected chi connectivity index (χ1v) is 13.9. The molecule has 39 heavy (non-hydrogen) atoms. The number of halogens is 2. The van der Waals surface area contributed by atoms with E-state index >= 15 is 0 Å². The van der Waals surface area contributed by atoms with Crippen LogP contribution in [0.1, 0.15) is 36.6 Å². The van der Waals surface area contributed by atoms with Gasteiger partial charge in [0.1, 0.15) is 36.0 Å². The lowest BCUT2D eigenvalue weighted by Crippen LogP contribution is -2.54. The van der Waals surface area contributed by atoms with Gasteiger partial charge in [0.2, 0.25) is 5.91 Å². The fourth-order valence-electron chi connectivity index (χ4n) is 4.43. The van der Waals surface area contributed by atoms with Gasteiger partial charge in [-0.1, -0.05) is 35.9 Å². The number of hydrogen-bond donors (Lipinski definition) is 4. The lowest BCUT2D eigenvalue weighted by molar-refractivity contribution is -0.218. The summed E-state index contributed by atoms with van der Waals surface area (Å²) in [5.74, 6) is 0.0914. The Morgan fingerprint density at radius 2 is 1.79 bits per heavy atom. The number of nitrogens with one attached hydrogen (secondary N) is 1. The predicted octanol–water partition coefficient (Wildman–Crippen LogP) is 4.74. The quantitative estimate of drug-likeness (QED) is 0.273. The molecule has 1 aliphatic heterocycles. The van der Waals surface area contributed by atoms with E-state index in [1.54, 1.807) is 12.1 Å². The van der Waals surface area contributed by atoms with Gasteiger partial charge in [-0.2, -0.15) is 0 Å². The van der Waals surface area contributed by atoms with Gasteiger partial charge >= 0.3 is 0 Å². The molecular formula is C29H31ClFNO6S. The van der Waals surface area contributed by atoms with E-state index in [4.69, 9.17) is 21.1 Å². The van der Waals surface area contributed by atoms with Crippen molar-refractivity contribution in [3.63, 3.8) is 0 Å². The fourth-order valence-corrected chi connectivity index (χ4v) is 5.65. The van der Waals surface area contributed by atoms with E-state index in [2.05, 4.69) is 5.32 Å². The number of benzene rings is 3. The molecule has 0 spiro atoms. The summed E-state index contributed by atoms with van der Waals surface area (Å²) in [6.07, 6.45) is -5.58. The number of carbonyl (C=O) groups excluding carboxylic acids is 1. The lowest BCUT2D eigenvalue weighted by atomic mass is 9.90. The smallest absolute Gasteiger partial charge is 0.221 e. The maximum Gasteiger partial charge on any atom is 0.221 e. The molecule has 208 valence electrons. The van der Waals surface area contributed by atoms with Crippen molar-refractivity contribution in [2.45, 2.75) is 55.7 Å². The minimum Gasteiger partial charge on any atom is -0.494 e. The highest BCUT2D eigenvalue weighted by molar-refractivity contribution is 7.99. The molecule has 1 heterocycles. The number of anilines is 1. The maximum atomic E-state index is 14.4. The molecule has 0 aromatic heterocycles. The monoisotopic (exact) mass is 575 g/mol. The first kappa shape index (κ1) is 29.3. The van der Waals surface area contributed by atoms with Crippen LogP contribution in [-0.2, 0) is 16.0 Å². The van der Waals surface area contributed by atoms with Crippen molar-refractivity contribution in [3.05, 3.63) is 88.2 Å². The zero-order valence-corrected chi connectivity index (χ0v) is 23.1. The van der Waals surface area contributed by atoms with E-state index in [1.807, 2.05) is 37.3 Å². The first-order chi connectivity index (χ1) is 18.7. The summed E-state index contributed by atoms with van der Waals surface area (Å²) in [4.78, 5) is 11.6. The highest BCUT2D eigenvalue weighted by Crippen LogP contribution is 2.37. The number of aliphatic hydroxyl groups is 3. The van der Waals surface area contributed by atoms with Crippen molar-refractivity contribution >= 4 is 35.0 Å². The third kappa shape index (κ3) is 7.30. The summed E-state index contributed by atoms with van der Waals surface area (Å²) in [6, 6.07) is 17.1. The molecule has 10 heteroatoms. The van der Waals surface area contributed by atoms with Crippen LogP contribution in [0.3, 0.4) is 0 Å². The van der Waals surface area contributed by atoms with Gasteiger partial charge in [0, 0.05) is 28.3 Å². The third-order valence-corrected chi connectivity index (χ3v) is 7.88. The highest BCUT2D eigenvalue weighted by Gasteiger charge is 2.44. The van der Waals surface area contributed by atoms with E-state index in [9.17, 15) is 24.5 Å². The molecule has 0 saturated carbocycles. The number of rotatable bonds is 9. The Morgan fingerprint density at radius 1 is 1.05 bits per heavy atom.